The van der Waals surface area contributed by atoms with Gasteiger partial charge in [-0.2, -0.15) is 0 Å². The van der Waals surface area contributed by atoms with Crippen LogP contribution in [0.5, 0.6) is 0 Å². The van der Waals surface area contributed by atoms with Gasteiger partial charge in [-0.05, 0) is 17.5 Å². The molecule has 20 heavy (non-hydrogen) atoms. The van der Waals surface area contributed by atoms with Gasteiger partial charge in [0.25, 0.3) is 10.0 Å². The van der Waals surface area contributed by atoms with Crippen molar-refractivity contribution in [3.8, 4) is 0 Å². The van der Waals surface area contributed by atoms with Gasteiger partial charge in [-0.1, -0.05) is 36.4 Å². The normalized spacial score (nSPS) is 11.6. The third-order valence-electron chi connectivity index (χ3n) is 2.89. The molecule has 0 unspecified atom stereocenters. The van der Waals surface area contributed by atoms with E-state index < -0.39 is 10.0 Å². The second kappa shape index (κ2) is 4.81. The third-order valence-corrected chi connectivity index (χ3v) is 5.72. The molecule has 3 N–H and O–H groups in total. The van der Waals surface area contributed by atoms with Crippen molar-refractivity contribution in [3.63, 3.8) is 0 Å². The summed E-state index contributed by atoms with van der Waals surface area (Å²) in [5.41, 5.74) is 6.59. The minimum atomic E-state index is -3.60. The van der Waals surface area contributed by atoms with E-state index >= 15 is 0 Å². The Hall–Kier alpha value is -2.05. The van der Waals surface area contributed by atoms with E-state index in [2.05, 4.69) is 4.72 Å². The standard InChI is InChI=1S/C14H12N2O2S2/c15-11-8-14(19-9-11)20(17,18)16-13-7-3-5-10-4-1-2-6-12(10)13/h1-9,16H,15H2. The molecule has 0 aliphatic rings. The number of fused-ring (bicyclic) bond motifs is 1. The molecule has 0 radical (unpaired) electrons. The fourth-order valence-corrected chi connectivity index (χ4v) is 4.14. The van der Waals surface area contributed by atoms with Crippen LogP contribution in [0.1, 0.15) is 0 Å². The summed E-state index contributed by atoms with van der Waals surface area (Å²) in [5, 5.41) is 3.46. The van der Waals surface area contributed by atoms with Crippen LogP contribution in [0.2, 0.25) is 0 Å². The van der Waals surface area contributed by atoms with E-state index in [1.807, 2.05) is 36.4 Å². The van der Waals surface area contributed by atoms with Gasteiger partial charge in [0.1, 0.15) is 4.21 Å². The number of benzene rings is 2. The van der Waals surface area contributed by atoms with Crippen molar-refractivity contribution in [2.24, 2.45) is 0 Å². The molecule has 0 atom stereocenters. The highest BCUT2D eigenvalue weighted by Crippen LogP contribution is 2.28. The number of nitrogens with one attached hydrogen (secondary N) is 1. The minimum absolute atomic E-state index is 0.211. The zero-order valence-electron chi connectivity index (χ0n) is 10.4. The summed E-state index contributed by atoms with van der Waals surface area (Å²) in [7, 11) is -3.60. The first-order chi connectivity index (χ1) is 9.56. The smallest absolute Gasteiger partial charge is 0.271 e. The molecule has 3 rings (SSSR count). The second-order valence-corrected chi connectivity index (χ2v) is 7.15. The van der Waals surface area contributed by atoms with Crippen LogP contribution in [0.4, 0.5) is 11.4 Å². The van der Waals surface area contributed by atoms with Gasteiger partial charge in [-0.15, -0.1) is 11.3 Å². The van der Waals surface area contributed by atoms with Gasteiger partial charge in [0.2, 0.25) is 0 Å². The number of rotatable bonds is 3. The van der Waals surface area contributed by atoms with Crippen molar-refractivity contribution in [1.29, 1.82) is 0 Å². The Morgan fingerprint density at radius 3 is 2.55 bits per heavy atom. The van der Waals surface area contributed by atoms with Gasteiger partial charge < -0.3 is 5.73 Å². The molecule has 0 saturated heterocycles. The van der Waals surface area contributed by atoms with E-state index in [0.717, 1.165) is 22.1 Å². The molecule has 0 bridgehead atoms. The topological polar surface area (TPSA) is 72.2 Å². The van der Waals surface area contributed by atoms with E-state index in [1.54, 1.807) is 11.4 Å². The molecule has 0 spiro atoms. The lowest BCUT2D eigenvalue weighted by molar-refractivity contribution is 0.603. The summed E-state index contributed by atoms with van der Waals surface area (Å²) < 4.78 is 27.4. The fraction of sp³-hybridized carbons (Fsp3) is 0. The molecule has 0 saturated carbocycles. The molecule has 0 aliphatic carbocycles. The average Bonchev–Trinajstić information content (AvgIpc) is 2.86. The van der Waals surface area contributed by atoms with Crippen LogP contribution in [0, 0.1) is 0 Å². The number of hydrogen-bond donors (Lipinski definition) is 2. The molecule has 102 valence electrons. The lowest BCUT2D eigenvalue weighted by atomic mass is 10.1. The molecular formula is C14H12N2O2S2. The van der Waals surface area contributed by atoms with Crippen molar-refractivity contribution < 1.29 is 8.42 Å². The highest BCUT2D eigenvalue weighted by atomic mass is 32.2. The van der Waals surface area contributed by atoms with Crippen LogP contribution in [-0.4, -0.2) is 8.42 Å². The monoisotopic (exact) mass is 304 g/mol. The minimum Gasteiger partial charge on any atom is -0.398 e. The van der Waals surface area contributed by atoms with E-state index in [1.165, 1.54) is 6.07 Å². The summed E-state index contributed by atoms with van der Waals surface area (Å²) in [6.07, 6.45) is 0. The van der Waals surface area contributed by atoms with Crippen molar-refractivity contribution in [1.82, 2.24) is 0 Å². The number of anilines is 2. The maximum atomic E-state index is 12.3. The summed E-state index contributed by atoms with van der Waals surface area (Å²) in [6, 6.07) is 14.6. The second-order valence-electron chi connectivity index (χ2n) is 4.33. The first kappa shape index (κ1) is 13.0. The Morgan fingerprint density at radius 1 is 1.05 bits per heavy atom. The van der Waals surface area contributed by atoms with E-state index in [-0.39, 0.29) is 4.21 Å². The number of sulfonamides is 1. The maximum absolute atomic E-state index is 12.3. The number of nitrogens with two attached hydrogens (primary N) is 1. The van der Waals surface area contributed by atoms with Gasteiger partial charge in [0.15, 0.2) is 0 Å². The summed E-state index contributed by atoms with van der Waals surface area (Å²) >= 11 is 1.11. The SMILES string of the molecule is Nc1csc(S(=O)(=O)Nc2cccc3ccccc23)c1. The van der Waals surface area contributed by atoms with Crippen LogP contribution < -0.4 is 10.5 Å². The van der Waals surface area contributed by atoms with Crippen molar-refractivity contribution in [3.05, 3.63) is 53.9 Å². The Balaban J connectivity index is 2.05. The van der Waals surface area contributed by atoms with Gasteiger partial charge in [-0.3, -0.25) is 4.72 Å². The van der Waals surface area contributed by atoms with Gasteiger partial charge in [-0.25, -0.2) is 8.42 Å². The van der Waals surface area contributed by atoms with Crippen molar-refractivity contribution in [2.75, 3.05) is 10.5 Å². The quantitative estimate of drug-likeness (QED) is 0.780. The Bertz CT molecular complexity index is 864. The van der Waals surface area contributed by atoms with Crippen LogP contribution in [-0.2, 0) is 10.0 Å². The number of hydrogen-bond acceptors (Lipinski definition) is 4. The number of nitrogen functional groups attached to an aromatic ring is 1. The van der Waals surface area contributed by atoms with E-state index in [4.69, 9.17) is 5.73 Å². The number of thiophene rings is 1. The zero-order valence-corrected chi connectivity index (χ0v) is 12.0. The summed E-state index contributed by atoms with van der Waals surface area (Å²) in [4.78, 5) is 0. The summed E-state index contributed by atoms with van der Waals surface area (Å²) in [5.74, 6) is 0. The molecule has 0 amide bonds. The Kier molecular flexibility index (Phi) is 3.11. The van der Waals surface area contributed by atoms with E-state index in [0.29, 0.717) is 11.4 Å². The van der Waals surface area contributed by atoms with Gasteiger partial charge >= 0.3 is 0 Å². The average molecular weight is 304 g/mol. The van der Waals surface area contributed by atoms with Crippen molar-refractivity contribution >= 4 is 43.5 Å². The highest BCUT2D eigenvalue weighted by molar-refractivity contribution is 7.94. The van der Waals surface area contributed by atoms with Gasteiger partial charge in [0.05, 0.1) is 5.69 Å². The van der Waals surface area contributed by atoms with E-state index in [9.17, 15) is 8.42 Å². The molecule has 3 aromatic rings. The summed E-state index contributed by atoms with van der Waals surface area (Å²) in [6.45, 7) is 0. The van der Waals surface area contributed by atoms with Gasteiger partial charge in [0, 0.05) is 16.5 Å². The molecule has 2 aromatic carbocycles. The molecule has 0 aliphatic heterocycles. The Labute approximate surface area is 120 Å². The molecular weight excluding hydrogens is 292 g/mol. The Morgan fingerprint density at radius 2 is 1.80 bits per heavy atom. The first-order valence-electron chi connectivity index (χ1n) is 5.91. The molecule has 1 aromatic heterocycles. The largest absolute Gasteiger partial charge is 0.398 e. The van der Waals surface area contributed by atoms with Crippen LogP contribution in [0.25, 0.3) is 10.8 Å². The first-order valence-corrected chi connectivity index (χ1v) is 8.27. The molecule has 0 fully saturated rings. The van der Waals surface area contributed by atoms with Crippen LogP contribution in [0.3, 0.4) is 0 Å². The predicted octanol–water partition coefficient (Wildman–Crippen LogP) is 3.28. The van der Waals surface area contributed by atoms with Crippen molar-refractivity contribution in [2.45, 2.75) is 4.21 Å². The molecule has 1 heterocycles. The maximum Gasteiger partial charge on any atom is 0.271 e. The zero-order chi connectivity index (χ0) is 14.2. The third kappa shape index (κ3) is 2.35. The lowest BCUT2D eigenvalue weighted by Gasteiger charge is -2.09. The van der Waals surface area contributed by atoms with Crippen LogP contribution in [0.15, 0.2) is 58.1 Å². The highest BCUT2D eigenvalue weighted by Gasteiger charge is 2.17. The fourth-order valence-electron chi connectivity index (χ4n) is 1.98. The predicted molar refractivity (Wildman–Crippen MR) is 83.5 cm³/mol. The molecule has 6 heteroatoms. The molecule has 4 nitrogen and oxygen atoms in total. The van der Waals surface area contributed by atoms with Crippen LogP contribution >= 0.6 is 11.3 Å². The lowest BCUT2D eigenvalue weighted by Crippen LogP contribution is -2.11.